The highest BCUT2D eigenvalue weighted by Crippen LogP contribution is 2.32. The second-order valence-corrected chi connectivity index (χ2v) is 4.84. The molecule has 0 bridgehead atoms. The van der Waals surface area contributed by atoms with Crippen molar-refractivity contribution in [3.63, 3.8) is 0 Å². The van der Waals surface area contributed by atoms with Gasteiger partial charge < -0.3 is 4.74 Å². The topological polar surface area (TPSA) is 9.23 Å². The van der Waals surface area contributed by atoms with Crippen LogP contribution in [-0.4, -0.2) is 7.11 Å². The maximum Gasteiger partial charge on any atom is 0.119 e. The third kappa shape index (κ3) is 2.97. The third-order valence-corrected chi connectivity index (χ3v) is 3.48. The molecule has 0 saturated heterocycles. The Morgan fingerprint density at radius 3 is 1.67 bits per heavy atom. The average Bonchev–Trinajstić information content (AvgIpc) is 2.57. The van der Waals surface area contributed by atoms with Crippen LogP contribution in [0.4, 0.5) is 0 Å². The van der Waals surface area contributed by atoms with E-state index in [2.05, 4.69) is 60.7 Å². The number of methoxy groups -OCH3 is 1. The van der Waals surface area contributed by atoms with Crippen LogP contribution in [0.25, 0.3) is 0 Å². The molecule has 3 aromatic carbocycles. The first-order chi connectivity index (χ1) is 10.4. The minimum absolute atomic E-state index is 0.872. The highest BCUT2D eigenvalue weighted by Gasteiger charge is 2.17. The van der Waals surface area contributed by atoms with Crippen molar-refractivity contribution in [2.24, 2.45) is 0 Å². The first kappa shape index (κ1) is 13.4. The summed E-state index contributed by atoms with van der Waals surface area (Å²) in [4.78, 5) is 0. The Balaban J connectivity index is 2.12. The Kier molecular flexibility index (Phi) is 4.02. The lowest BCUT2D eigenvalue weighted by atomic mass is 9.85. The van der Waals surface area contributed by atoms with Gasteiger partial charge in [0.25, 0.3) is 0 Å². The van der Waals surface area contributed by atoms with Crippen LogP contribution in [0.15, 0.2) is 84.9 Å². The van der Waals surface area contributed by atoms with E-state index in [1.54, 1.807) is 7.11 Å². The van der Waals surface area contributed by atoms with Gasteiger partial charge >= 0.3 is 0 Å². The van der Waals surface area contributed by atoms with Gasteiger partial charge in [0.2, 0.25) is 0 Å². The van der Waals surface area contributed by atoms with E-state index < -0.39 is 0 Å². The molecule has 0 aliphatic carbocycles. The highest BCUT2D eigenvalue weighted by atomic mass is 16.5. The van der Waals surface area contributed by atoms with Crippen LogP contribution in [0.1, 0.15) is 16.7 Å². The van der Waals surface area contributed by atoms with Gasteiger partial charge in [-0.05, 0) is 28.8 Å². The Morgan fingerprint density at radius 1 is 0.619 bits per heavy atom. The van der Waals surface area contributed by atoms with Gasteiger partial charge in [0.15, 0.2) is 0 Å². The zero-order valence-electron chi connectivity index (χ0n) is 12.0. The summed E-state index contributed by atoms with van der Waals surface area (Å²) in [7, 11) is 1.70. The van der Waals surface area contributed by atoms with Crippen LogP contribution < -0.4 is 4.74 Å². The lowest BCUT2D eigenvalue weighted by molar-refractivity contribution is 0.414. The summed E-state index contributed by atoms with van der Waals surface area (Å²) in [6.45, 7) is 0. The van der Waals surface area contributed by atoms with Crippen LogP contribution in [0, 0.1) is 5.92 Å². The van der Waals surface area contributed by atoms with Crippen molar-refractivity contribution in [3.05, 3.63) is 108 Å². The summed E-state index contributed by atoms with van der Waals surface area (Å²) in [5.41, 5.74) is 3.57. The fraction of sp³-hybridized carbons (Fsp3) is 0.0500. The Hall–Kier alpha value is -2.54. The molecule has 103 valence electrons. The molecule has 1 nitrogen and oxygen atoms in total. The largest absolute Gasteiger partial charge is 0.497 e. The van der Waals surface area contributed by atoms with Gasteiger partial charge in [0.1, 0.15) is 5.75 Å². The molecule has 0 amide bonds. The molecular formula is C20H17O. The maximum atomic E-state index is 5.36. The third-order valence-electron chi connectivity index (χ3n) is 3.48. The molecule has 0 saturated carbocycles. The van der Waals surface area contributed by atoms with Gasteiger partial charge in [0.05, 0.1) is 13.0 Å². The zero-order valence-corrected chi connectivity index (χ0v) is 12.0. The predicted octanol–water partition coefficient (Wildman–Crippen LogP) is 4.71. The van der Waals surface area contributed by atoms with Crippen molar-refractivity contribution in [2.45, 2.75) is 0 Å². The molecule has 0 heterocycles. The molecule has 0 fully saturated rings. The van der Waals surface area contributed by atoms with Crippen LogP contribution in [-0.2, 0) is 0 Å². The molecule has 3 aromatic rings. The quantitative estimate of drug-likeness (QED) is 0.625. The zero-order chi connectivity index (χ0) is 14.5. The Morgan fingerprint density at radius 2 is 1.14 bits per heavy atom. The number of ether oxygens (including phenoxy) is 1. The van der Waals surface area contributed by atoms with Crippen molar-refractivity contribution in [1.29, 1.82) is 0 Å². The van der Waals surface area contributed by atoms with Gasteiger partial charge in [-0.3, -0.25) is 0 Å². The van der Waals surface area contributed by atoms with Crippen molar-refractivity contribution < 1.29 is 4.74 Å². The first-order valence-corrected chi connectivity index (χ1v) is 7.01. The van der Waals surface area contributed by atoms with Crippen LogP contribution in [0.3, 0.4) is 0 Å². The van der Waals surface area contributed by atoms with Crippen molar-refractivity contribution in [1.82, 2.24) is 0 Å². The summed E-state index contributed by atoms with van der Waals surface area (Å²) in [6, 6.07) is 29.1. The van der Waals surface area contributed by atoms with Crippen LogP contribution in [0.2, 0.25) is 0 Å². The SMILES string of the molecule is COc1cccc([C](c2ccccc2)c2ccccc2)c1. The van der Waals surface area contributed by atoms with Gasteiger partial charge in [-0.1, -0.05) is 72.8 Å². The summed E-state index contributed by atoms with van der Waals surface area (Å²) in [6.07, 6.45) is 0. The molecule has 0 atom stereocenters. The van der Waals surface area contributed by atoms with Gasteiger partial charge in [-0.2, -0.15) is 0 Å². The molecule has 0 aliphatic heterocycles. The summed E-state index contributed by atoms with van der Waals surface area (Å²) >= 11 is 0. The molecule has 0 unspecified atom stereocenters. The lowest BCUT2D eigenvalue weighted by Gasteiger charge is -2.18. The Bertz CT molecular complexity index is 650. The smallest absolute Gasteiger partial charge is 0.119 e. The molecule has 0 N–H and O–H groups in total. The number of rotatable bonds is 4. The van der Waals surface area contributed by atoms with Crippen LogP contribution >= 0.6 is 0 Å². The standard InChI is InChI=1S/C20H17O/c1-21-19-14-8-13-18(15-19)20(16-9-4-2-5-10-16)17-11-6-3-7-12-17/h2-15H,1H3. The molecule has 3 rings (SSSR count). The van der Waals surface area contributed by atoms with E-state index in [4.69, 9.17) is 4.74 Å². The van der Waals surface area contributed by atoms with Gasteiger partial charge in [0, 0.05) is 0 Å². The van der Waals surface area contributed by atoms with Crippen LogP contribution in [0.5, 0.6) is 5.75 Å². The summed E-state index contributed by atoms with van der Waals surface area (Å²) in [5.74, 6) is 2.09. The fourth-order valence-electron chi connectivity index (χ4n) is 2.49. The number of hydrogen-bond donors (Lipinski definition) is 0. The first-order valence-electron chi connectivity index (χ1n) is 7.01. The minimum atomic E-state index is 0.872. The Labute approximate surface area is 125 Å². The molecule has 1 heteroatoms. The van der Waals surface area contributed by atoms with E-state index in [9.17, 15) is 0 Å². The lowest BCUT2D eigenvalue weighted by Crippen LogP contribution is -2.04. The molecule has 21 heavy (non-hydrogen) atoms. The van der Waals surface area contributed by atoms with Crippen molar-refractivity contribution in [3.8, 4) is 5.75 Å². The van der Waals surface area contributed by atoms with Crippen molar-refractivity contribution in [2.75, 3.05) is 7.11 Å². The average molecular weight is 273 g/mol. The van der Waals surface area contributed by atoms with E-state index in [0.29, 0.717) is 0 Å². The summed E-state index contributed by atoms with van der Waals surface area (Å²) < 4.78 is 5.36. The highest BCUT2D eigenvalue weighted by molar-refractivity contribution is 5.58. The number of benzene rings is 3. The molecule has 0 spiro atoms. The van der Waals surface area contributed by atoms with E-state index in [0.717, 1.165) is 11.3 Å². The molecule has 1 radical (unpaired) electrons. The molecule has 0 aliphatic rings. The second-order valence-electron chi connectivity index (χ2n) is 4.84. The van der Waals surface area contributed by atoms with Crippen molar-refractivity contribution >= 4 is 0 Å². The van der Waals surface area contributed by atoms with E-state index in [1.165, 1.54) is 17.0 Å². The fourth-order valence-corrected chi connectivity index (χ4v) is 2.49. The second kappa shape index (κ2) is 6.27. The van der Waals surface area contributed by atoms with Gasteiger partial charge in [-0.25, -0.2) is 0 Å². The maximum absolute atomic E-state index is 5.36. The predicted molar refractivity (Wildman–Crippen MR) is 86.4 cm³/mol. The normalized spacial score (nSPS) is 10.6. The summed E-state index contributed by atoms with van der Waals surface area (Å²) in [5, 5.41) is 0. The van der Waals surface area contributed by atoms with E-state index in [-0.39, 0.29) is 0 Å². The molecule has 0 aromatic heterocycles. The van der Waals surface area contributed by atoms with Gasteiger partial charge in [-0.15, -0.1) is 0 Å². The molecular weight excluding hydrogens is 256 g/mol. The number of hydrogen-bond acceptors (Lipinski definition) is 1. The van der Waals surface area contributed by atoms with E-state index >= 15 is 0 Å². The minimum Gasteiger partial charge on any atom is -0.497 e. The van der Waals surface area contributed by atoms with E-state index in [1.807, 2.05) is 24.3 Å². The monoisotopic (exact) mass is 273 g/mol.